The van der Waals surface area contributed by atoms with Crippen LogP contribution in [0.3, 0.4) is 0 Å². The molecule has 0 unspecified atom stereocenters. The van der Waals surface area contributed by atoms with Crippen molar-refractivity contribution in [2.24, 2.45) is 0 Å². The van der Waals surface area contributed by atoms with E-state index in [-0.39, 0.29) is 38.8 Å². The first kappa shape index (κ1) is 39.5. The molecule has 1 aromatic carbocycles. The van der Waals surface area contributed by atoms with Gasteiger partial charge in [-0.3, -0.25) is 10.9 Å². The largest absolute Gasteiger partial charge is 0.518 e. The van der Waals surface area contributed by atoms with E-state index in [0.29, 0.717) is 19.4 Å². The van der Waals surface area contributed by atoms with E-state index in [4.69, 9.17) is 35.1 Å². The van der Waals surface area contributed by atoms with Gasteiger partial charge in [0.15, 0.2) is 0 Å². The van der Waals surface area contributed by atoms with Crippen molar-refractivity contribution in [1.29, 1.82) is 0 Å². The van der Waals surface area contributed by atoms with Crippen molar-refractivity contribution in [2.45, 2.75) is 26.4 Å². The Morgan fingerprint density at radius 1 is 0.972 bits per heavy atom. The third-order valence-corrected chi connectivity index (χ3v) is 3.47. The first-order chi connectivity index (χ1) is 16.6. The molecule has 10 radical (unpaired) electrons. The summed E-state index contributed by atoms with van der Waals surface area (Å²) in [7, 11) is -4.94. The Morgan fingerprint density at radius 3 is 1.64 bits per heavy atom. The number of benzene rings is 1. The smallest absolute Gasteiger partial charge is 0.306 e. The van der Waals surface area contributed by atoms with E-state index in [1.807, 2.05) is 101 Å². The molecule has 2 aliphatic rings. The maximum Gasteiger partial charge on any atom is 0.306 e. The molecule has 0 spiro atoms. The molecule has 1 aromatic rings. The fourth-order valence-corrected chi connectivity index (χ4v) is 1.72. The molecule has 0 amide bonds. The van der Waals surface area contributed by atoms with Crippen LogP contribution in [0.15, 0.2) is 49.1 Å². The van der Waals surface area contributed by atoms with Crippen LogP contribution in [-0.2, 0) is 42.3 Å². The second-order valence-corrected chi connectivity index (χ2v) is 7.19. The van der Waals surface area contributed by atoms with Gasteiger partial charge in [0.25, 0.3) is 0 Å². The van der Waals surface area contributed by atoms with E-state index in [1.165, 1.54) is 6.08 Å². The van der Waals surface area contributed by atoms with Crippen LogP contribution in [0.25, 0.3) is 0 Å². The predicted molar refractivity (Wildman–Crippen MR) is 124 cm³/mol. The summed E-state index contributed by atoms with van der Waals surface area (Å²) in [6.45, 7) is 10.9. The summed E-state index contributed by atoms with van der Waals surface area (Å²) in [5, 5.41) is 8.23. The maximum atomic E-state index is 11.1. The number of carbonyl (C=O) groups excluding carboxylic acids is 1. The maximum absolute atomic E-state index is 11.1. The summed E-state index contributed by atoms with van der Waals surface area (Å²) in [5.41, 5.74) is 0.998. The molecular formula is C27H32ClO7Zr-. The van der Waals surface area contributed by atoms with Gasteiger partial charge in [-0.25, -0.2) is 18.6 Å². The molecule has 0 atom stereocenters. The predicted octanol–water partition coefficient (Wildman–Crippen LogP) is 0.543. The average Bonchev–Trinajstić information content (AvgIpc) is 3.60. The Kier molecular flexibility index (Phi) is 31.4. The Labute approximate surface area is 239 Å². The number of rotatable bonds is 7. The van der Waals surface area contributed by atoms with Crippen molar-refractivity contribution >= 4 is 5.97 Å². The molecule has 36 heavy (non-hydrogen) atoms. The molecule has 7 nitrogen and oxygen atoms in total. The number of allylic oxidation sites excluding steroid dienone is 1. The number of aliphatic hydroxyl groups excluding tert-OH is 1. The van der Waals surface area contributed by atoms with Crippen molar-refractivity contribution in [1.82, 2.24) is 0 Å². The molecule has 0 saturated heterocycles. The number of hydrogen-bond acceptors (Lipinski definition) is 7. The Balaban J connectivity index is -0.000000414. The van der Waals surface area contributed by atoms with Crippen molar-refractivity contribution < 1.29 is 69.7 Å². The summed E-state index contributed by atoms with van der Waals surface area (Å²) in [5.74, 6) is 0.700. The van der Waals surface area contributed by atoms with Crippen LogP contribution >= 0.6 is 0 Å². The number of carbonyl (C=O) groups is 1. The summed E-state index contributed by atoms with van der Waals surface area (Å²) < 4.78 is 39.0. The van der Waals surface area contributed by atoms with Crippen LogP contribution in [0.4, 0.5) is 0 Å². The minimum Gasteiger partial charge on any atom is -0.518 e. The SMILES string of the molecule is C=C[C+](C)CO.[CH-]=CCCC(=O)OCc1ccccc1.[CH]1[CH][CH][CH][CH]1.[CH]1[CH][CH][CH][CH]1.[O-][Cl+3]([O-])([O-])[O-].[Zr]. The van der Waals surface area contributed by atoms with Crippen LogP contribution in [-0.4, -0.2) is 17.7 Å². The van der Waals surface area contributed by atoms with E-state index in [9.17, 15) is 4.79 Å². The molecular weight excluding hydrogens is 563 g/mol. The van der Waals surface area contributed by atoms with Gasteiger partial charge in [0.05, 0.1) is 12.0 Å². The van der Waals surface area contributed by atoms with Crippen LogP contribution < -0.4 is 18.6 Å². The number of hydrogen-bond donors (Lipinski definition) is 1. The van der Waals surface area contributed by atoms with Gasteiger partial charge in [0.1, 0.15) is 13.2 Å². The van der Waals surface area contributed by atoms with Crippen molar-refractivity contribution in [3.8, 4) is 0 Å². The fourth-order valence-electron chi connectivity index (χ4n) is 1.72. The van der Waals surface area contributed by atoms with Crippen LogP contribution in [0.5, 0.6) is 0 Å². The van der Waals surface area contributed by atoms with Crippen LogP contribution in [0.1, 0.15) is 25.3 Å². The first-order valence-electron chi connectivity index (χ1n) is 10.4. The zero-order valence-corrected chi connectivity index (χ0v) is 23.4. The van der Waals surface area contributed by atoms with E-state index in [1.54, 1.807) is 6.08 Å². The molecule has 3 rings (SSSR count). The zero-order chi connectivity index (χ0) is 26.8. The summed E-state index contributed by atoms with van der Waals surface area (Å²) in [6, 6.07) is 9.59. The zero-order valence-electron chi connectivity index (χ0n) is 20.2. The van der Waals surface area contributed by atoms with Crippen molar-refractivity contribution in [2.75, 3.05) is 6.61 Å². The molecule has 0 heterocycles. The molecule has 2 fully saturated rings. The molecule has 2 saturated carbocycles. The van der Waals surface area contributed by atoms with Gasteiger partial charge in [-0.05, 0) is 69.8 Å². The second kappa shape index (κ2) is 28.6. The van der Waals surface area contributed by atoms with Gasteiger partial charge >= 0.3 is 5.97 Å². The summed E-state index contributed by atoms with van der Waals surface area (Å²) >= 11 is 0. The van der Waals surface area contributed by atoms with Crippen LogP contribution in [0.2, 0.25) is 0 Å². The van der Waals surface area contributed by atoms with E-state index >= 15 is 0 Å². The third kappa shape index (κ3) is 37.6. The van der Waals surface area contributed by atoms with Crippen molar-refractivity contribution in [3.63, 3.8) is 0 Å². The van der Waals surface area contributed by atoms with E-state index < -0.39 is 10.2 Å². The second-order valence-electron chi connectivity index (χ2n) is 6.43. The molecule has 2 aliphatic carbocycles. The quantitative estimate of drug-likeness (QED) is 0.359. The fraction of sp³-hybridized carbons (Fsp3) is 0.185. The standard InChI is InChI=1S/C12H13O2.C5H9O.2C5H5.ClHO4.Zr/c1-2-3-9-12(13)14-10-11-7-5-4-6-8-11;1-3-5(2)4-6;2*1-2-4-5-3-1;2-1(3,4)5;/h1-2,4-8H,3,9-10H2;3,6H,1,4H2,2H3;2*1-5H;(H,2,3,4,5);/q-1;+1;;;;/p-1. The van der Waals surface area contributed by atoms with Gasteiger partial charge in [-0.2, -0.15) is 0 Å². The normalized spacial score (nSPS) is 13.3. The Morgan fingerprint density at radius 2 is 1.36 bits per heavy atom. The summed E-state index contributed by atoms with van der Waals surface area (Å²) in [6.07, 6.45) is 24.0. The molecule has 0 aliphatic heterocycles. The molecule has 0 aromatic heterocycles. The van der Waals surface area contributed by atoms with Gasteiger partial charge < -0.3 is 16.4 Å². The van der Waals surface area contributed by atoms with Gasteiger partial charge in [-0.15, -0.1) is 10.2 Å². The molecule has 0 bridgehead atoms. The van der Waals surface area contributed by atoms with Crippen molar-refractivity contribution in [3.05, 3.63) is 131 Å². The minimum atomic E-state index is -4.94. The molecule has 194 valence electrons. The molecule has 1 N–H and O–H groups in total. The number of esters is 1. The molecule has 9 heteroatoms. The van der Waals surface area contributed by atoms with Gasteiger partial charge in [-0.1, -0.05) is 36.8 Å². The number of aliphatic hydroxyl groups is 1. The minimum absolute atomic E-state index is 0. The first-order valence-corrected chi connectivity index (χ1v) is 11.6. The van der Waals surface area contributed by atoms with Crippen LogP contribution in [0, 0.1) is 86.9 Å². The monoisotopic (exact) mass is 593 g/mol. The van der Waals surface area contributed by atoms with E-state index in [0.717, 1.165) is 11.5 Å². The van der Waals surface area contributed by atoms with Gasteiger partial charge in [0.2, 0.25) is 0 Å². The Hall–Kier alpha value is -0.987. The number of halogens is 1. The van der Waals surface area contributed by atoms with E-state index in [2.05, 4.69) is 6.58 Å². The number of ether oxygens (including phenoxy) is 1. The average molecular weight is 595 g/mol. The van der Waals surface area contributed by atoms with Gasteiger partial charge in [0, 0.05) is 46.1 Å². The third-order valence-electron chi connectivity index (χ3n) is 3.47. The topological polar surface area (TPSA) is 139 Å². The Bertz CT molecular complexity index is 585. The summed E-state index contributed by atoms with van der Waals surface area (Å²) in [4.78, 5) is 11.1.